The molecule has 32 heavy (non-hydrogen) atoms. The van der Waals surface area contributed by atoms with Crippen LogP contribution in [0.2, 0.25) is 0 Å². The highest BCUT2D eigenvalue weighted by Crippen LogP contribution is 2.07. The van der Waals surface area contributed by atoms with Gasteiger partial charge in [-0.15, -0.1) is 0 Å². The molecule has 0 heterocycles. The molecule has 0 fully saturated rings. The Labute approximate surface area is 186 Å². The van der Waals surface area contributed by atoms with Crippen molar-refractivity contribution in [2.24, 2.45) is 29.0 Å². The van der Waals surface area contributed by atoms with Crippen molar-refractivity contribution in [2.75, 3.05) is 0 Å². The Morgan fingerprint density at radius 3 is 1.69 bits per heavy atom. The molecule has 13 heteroatoms. The summed E-state index contributed by atoms with van der Waals surface area (Å²) in [7, 11) is 0. The van der Waals surface area contributed by atoms with Gasteiger partial charge in [0.25, 0.3) is 0 Å². The quantitative estimate of drug-likeness (QED) is 0.144. The van der Waals surface area contributed by atoms with Crippen LogP contribution in [0.3, 0.4) is 0 Å². The van der Waals surface area contributed by atoms with Crippen LogP contribution < -0.4 is 33.2 Å². The first kappa shape index (κ1) is 28.8. The van der Waals surface area contributed by atoms with Crippen molar-refractivity contribution in [3.63, 3.8) is 0 Å². The molecule has 4 unspecified atom stereocenters. The van der Waals surface area contributed by atoms with Crippen LogP contribution in [0.4, 0.5) is 0 Å². The van der Waals surface area contributed by atoms with Gasteiger partial charge < -0.3 is 38.3 Å². The highest BCUT2D eigenvalue weighted by Gasteiger charge is 2.32. The molecule has 4 atom stereocenters. The van der Waals surface area contributed by atoms with E-state index in [0.717, 1.165) is 0 Å². The van der Waals surface area contributed by atoms with Crippen molar-refractivity contribution in [3.05, 3.63) is 0 Å². The third kappa shape index (κ3) is 10.2. The zero-order valence-corrected chi connectivity index (χ0v) is 18.7. The van der Waals surface area contributed by atoms with Crippen LogP contribution in [0.15, 0.2) is 0 Å². The average molecular weight is 459 g/mol. The summed E-state index contributed by atoms with van der Waals surface area (Å²) in [5, 5.41) is 16.2. The molecule has 5 amide bonds. The Balaban J connectivity index is 5.54. The van der Waals surface area contributed by atoms with E-state index in [9.17, 15) is 28.8 Å². The Kier molecular flexibility index (Phi) is 11.9. The lowest BCUT2D eigenvalue weighted by Crippen LogP contribution is -2.59. The predicted molar refractivity (Wildman–Crippen MR) is 113 cm³/mol. The smallest absolute Gasteiger partial charge is 0.326 e. The predicted octanol–water partition coefficient (Wildman–Crippen LogP) is -2.69. The molecule has 0 aromatic carbocycles. The first-order chi connectivity index (χ1) is 14.7. The van der Waals surface area contributed by atoms with Crippen LogP contribution in [0.1, 0.15) is 47.0 Å². The van der Waals surface area contributed by atoms with E-state index >= 15 is 0 Å². The van der Waals surface area contributed by atoms with Crippen molar-refractivity contribution >= 4 is 35.5 Å². The van der Waals surface area contributed by atoms with Crippen LogP contribution in [0.25, 0.3) is 0 Å². The van der Waals surface area contributed by atoms with Gasteiger partial charge in [0.05, 0.1) is 12.5 Å². The number of primary amides is 2. The second-order valence-electron chi connectivity index (χ2n) is 8.14. The van der Waals surface area contributed by atoms with Gasteiger partial charge in [-0.2, -0.15) is 0 Å². The molecule has 0 aromatic heterocycles. The van der Waals surface area contributed by atoms with Gasteiger partial charge >= 0.3 is 5.97 Å². The molecule has 0 rings (SSSR count). The molecule has 0 spiro atoms. The Hall–Kier alpha value is -3.22. The minimum Gasteiger partial charge on any atom is -0.480 e. The second kappa shape index (κ2) is 13.2. The second-order valence-corrected chi connectivity index (χ2v) is 8.14. The molecule has 13 nitrogen and oxygen atoms in total. The molecule has 0 aliphatic heterocycles. The fraction of sp³-hybridized carbons (Fsp3) is 0.684. The van der Waals surface area contributed by atoms with E-state index in [1.54, 1.807) is 27.7 Å². The minimum atomic E-state index is -1.63. The summed E-state index contributed by atoms with van der Waals surface area (Å²) in [5.74, 6) is -6.04. The lowest BCUT2D eigenvalue weighted by molar-refractivity contribution is -0.144. The highest BCUT2D eigenvalue weighted by molar-refractivity contribution is 5.95. The number of carbonyl (C=O) groups is 6. The monoisotopic (exact) mass is 458 g/mol. The number of carboxylic acids is 1. The average Bonchev–Trinajstić information content (AvgIpc) is 2.66. The number of carboxylic acid groups (broad SMARTS) is 1. The van der Waals surface area contributed by atoms with Gasteiger partial charge in [-0.25, -0.2) is 4.79 Å². The maximum absolute atomic E-state index is 12.8. The van der Waals surface area contributed by atoms with Crippen molar-refractivity contribution in [3.8, 4) is 0 Å². The summed E-state index contributed by atoms with van der Waals surface area (Å²) < 4.78 is 0. The number of carbonyl (C=O) groups excluding carboxylic acids is 5. The van der Waals surface area contributed by atoms with Crippen LogP contribution in [-0.2, 0) is 28.8 Å². The normalized spacial score (nSPS) is 14.7. The fourth-order valence-corrected chi connectivity index (χ4v) is 2.58. The molecule has 10 N–H and O–H groups in total. The summed E-state index contributed by atoms with van der Waals surface area (Å²) in [5.41, 5.74) is 15.9. The van der Waals surface area contributed by atoms with Crippen LogP contribution in [-0.4, -0.2) is 64.8 Å². The third-order valence-electron chi connectivity index (χ3n) is 4.60. The van der Waals surface area contributed by atoms with E-state index < -0.39 is 66.1 Å². The number of hydrogen-bond acceptors (Lipinski definition) is 7. The van der Waals surface area contributed by atoms with Gasteiger partial charge in [0.2, 0.25) is 29.5 Å². The van der Waals surface area contributed by atoms with Crippen molar-refractivity contribution in [1.29, 1.82) is 0 Å². The molecular weight excluding hydrogens is 424 g/mol. The topological polar surface area (TPSA) is 237 Å². The van der Waals surface area contributed by atoms with Gasteiger partial charge in [0.15, 0.2) is 0 Å². The number of nitrogens with two attached hydrogens (primary N) is 3. The van der Waals surface area contributed by atoms with Gasteiger partial charge in [-0.05, 0) is 18.3 Å². The summed E-state index contributed by atoms with van der Waals surface area (Å²) in [6, 6.07) is -4.90. The molecular formula is C19H34N6O7. The fourth-order valence-electron chi connectivity index (χ4n) is 2.58. The summed E-state index contributed by atoms with van der Waals surface area (Å²) in [6.07, 6.45) is -1.20. The van der Waals surface area contributed by atoms with E-state index in [2.05, 4.69) is 16.0 Å². The number of nitrogens with one attached hydrogen (secondary N) is 3. The van der Waals surface area contributed by atoms with Crippen LogP contribution >= 0.6 is 0 Å². The lowest BCUT2D eigenvalue weighted by Gasteiger charge is -2.27. The Bertz CT molecular complexity index is 725. The highest BCUT2D eigenvalue weighted by atomic mass is 16.4. The first-order valence-corrected chi connectivity index (χ1v) is 10.1. The van der Waals surface area contributed by atoms with Crippen LogP contribution in [0, 0.1) is 11.8 Å². The third-order valence-corrected chi connectivity index (χ3v) is 4.60. The van der Waals surface area contributed by atoms with Crippen LogP contribution in [0.5, 0.6) is 0 Å². The molecule has 0 bridgehead atoms. The molecule has 0 aromatic rings. The molecule has 0 saturated heterocycles. The number of aliphatic carboxylic acids is 1. The number of hydrogen-bond donors (Lipinski definition) is 7. The lowest BCUT2D eigenvalue weighted by atomic mass is 9.99. The van der Waals surface area contributed by atoms with Gasteiger partial charge in [0.1, 0.15) is 18.1 Å². The van der Waals surface area contributed by atoms with E-state index in [0.29, 0.717) is 0 Å². The SMILES string of the molecule is CC(C)C(N)C(=O)NC(C(=O)NC(CCC(N)=O)C(=O)NC(CC(N)=O)C(=O)O)C(C)C. The number of amides is 5. The minimum absolute atomic E-state index is 0.182. The molecule has 0 saturated carbocycles. The molecule has 0 aliphatic rings. The maximum atomic E-state index is 12.8. The molecule has 0 radical (unpaired) electrons. The van der Waals surface area contributed by atoms with Crippen molar-refractivity contribution < 1.29 is 33.9 Å². The zero-order valence-electron chi connectivity index (χ0n) is 18.7. The standard InChI is InChI=1S/C19H34N6O7/c1-8(2)14(22)17(29)25-15(9(3)4)18(30)23-10(5-6-12(20)26)16(28)24-11(19(31)32)7-13(21)27/h8-11,14-15H,5-7,22H2,1-4H3,(H2,20,26)(H2,21,27)(H,23,30)(H,24,28)(H,25,29)(H,31,32). The maximum Gasteiger partial charge on any atom is 0.326 e. The summed E-state index contributed by atoms with van der Waals surface area (Å²) >= 11 is 0. The van der Waals surface area contributed by atoms with E-state index in [1.807, 2.05) is 0 Å². The van der Waals surface area contributed by atoms with E-state index in [-0.39, 0.29) is 24.7 Å². The van der Waals surface area contributed by atoms with Gasteiger partial charge in [-0.3, -0.25) is 24.0 Å². The first-order valence-electron chi connectivity index (χ1n) is 10.1. The zero-order chi connectivity index (χ0) is 25.2. The van der Waals surface area contributed by atoms with Gasteiger partial charge in [-0.1, -0.05) is 27.7 Å². The Morgan fingerprint density at radius 2 is 1.28 bits per heavy atom. The summed E-state index contributed by atoms with van der Waals surface area (Å²) in [6.45, 7) is 6.81. The molecule has 0 aliphatic carbocycles. The van der Waals surface area contributed by atoms with E-state index in [4.69, 9.17) is 22.3 Å². The van der Waals surface area contributed by atoms with E-state index in [1.165, 1.54) is 0 Å². The number of rotatable bonds is 14. The van der Waals surface area contributed by atoms with Gasteiger partial charge in [0, 0.05) is 6.42 Å². The summed E-state index contributed by atoms with van der Waals surface area (Å²) in [4.78, 5) is 71.2. The largest absolute Gasteiger partial charge is 0.480 e. The molecule has 182 valence electrons. The van der Waals surface area contributed by atoms with Crippen molar-refractivity contribution in [1.82, 2.24) is 16.0 Å². The van der Waals surface area contributed by atoms with Crippen molar-refractivity contribution in [2.45, 2.75) is 71.1 Å². The Morgan fingerprint density at radius 1 is 0.750 bits per heavy atom.